The number of hydrogen-bond acceptors (Lipinski definition) is 3. The molecule has 0 spiro atoms. The normalized spacial score (nSPS) is 13.5. The van der Waals surface area contributed by atoms with E-state index in [0.717, 1.165) is 12.8 Å². The van der Waals surface area contributed by atoms with Crippen molar-refractivity contribution in [3.05, 3.63) is 0 Å². The van der Waals surface area contributed by atoms with Crippen molar-refractivity contribution in [2.24, 2.45) is 5.73 Å². The van der Waals surface area contributed by atoms with Gasteiger partial charge < -0.3 is 21.5 Å². The molecular formula is C10H19N3O4. The zero-order valence-corrected chi connectivity index (χ0v) is 10.0. The third-order valence-electron chi connectivity index (χ3n) is 2.11. The quantitative estimate of drug-likeness (QED) is 0.496. The maximum Gasteiger partial charge on any atom is 0.326 e. The topological polar surface area (TPSA) is 122 Å². The lowest BCUT2D eigenvalue weighted by atomic mass is 10.2. The van der Waals surface area contributed by atoms with Crippen LogP contribution in [0.1, 0.15) is 33.1 Å². The molecule has 0 aromatic rings. The van der Waals surface area contributed by atoms with Gasteiger partial charge in [0.25, 0.3) is 0 Å². The number of aliphatic carboxylic acids is 1. The first kappa shape index (κ1) is 15.2. The van der Waals surface area contributed by atoms with Crippen molar-refractivity contribution in [2.75, 3.05) is 0 Å². The number of carboxylic acids is 1. The summed E-state index contributed by atoms with van der Waals surface area (Å²) < 4.78 is 0. The van der Waals surface area contributed by atoms with Gasteiger partial charge in [-0.2, -0.15) is 0 Å². The predicted molar refractivity (Wildman–Crippen MR) is 61.3 cm³/mol. The van der Waals surface area contributed by atoms with Gasteiger partial charge in [0.1, 0.15) is 6.04 Å². The van der Waals surface area contributed by atoms with Crippen molar-refractivity contribution in [1.29, 1.82) is 0 Å². The van der Waals surface area contributed by atoms with Crippen LogP contribution in [0.5, 0.6) is 0 Å². The summed E-state index contributed by atoms with van der Waals surface area (Å²) in [5, 5.41) is 13.5. The SMILES string of the molecule is CCCC(C)NC(=O)N[C@@H](CC(N)=O)C(=O)O. The Morgan fingerprint density at radius 2 is 1.88 bits per heavy atom. The molecular weight excluding hydrogens is 226 g/mol. The molecule has 7 heteroatoms. The molecule has 0 aliphatic carbocycles. The van der Waals surface area contributed by atoms with Crippen molar-refractivity contribution in [3.8, 4) is 0 Å². The van der Waals surface area contributed by atoms with Gasteiger partial charge in [-0.1, -0.05) is 13.3 Å². The highest BCUT2D eigenvalue weighted by Crippen LogP contribution is 1.96. The van der Waals surface area contributed by atoms with Crippen LogP contribution < -0.4 is 16.4 Å². The van der Waals surface area contributed by atoms with E-state index in [1.165, 1.54) is 0 Å². The number of urea groups is 1. The molecule has 7 nitrogen and oxygen atoms in total. The Hall–Kier alpha value is -1.79. The minimum Gasteiger partial charge on any atom is -0.480 e. The van der Waals surface area contributed by atoms with E-state index in [4.69, 9.17) is 10.8 Å². The Kier molecular flexibility index (Phi) is 6.69. The number of carbonyl (C=O) groups excluding carboxylic acids is 2. The number of nitrogens with one attached hydrogen (secondary N) is 2. The lowest BCUT2D eigenvalue weighted by Crippen LogP contribution is -2.49. The van der Waals surface area contributed by atoms with Gasteiger partial charge >= 0.3 is 12.0 Å². The Balaban J connectivity index is 4.21. The minimum absolute atomic E-state index is 0.0528. The monoisotopic (exact) mass is 245 g/mol. The molecule has 2 atom stereocenters. The number of nitrogens with two attached hydrogens (primary N) is 1. The van der Waals surface area contributed by atoms with Crippen LogP contribution in [0.2, 0.25) is 0 Å². The van der Waals surface area contributed by atoms with Crippen LogP contribution in [0.15, 0.2) is 0 Å². The zero-order valence-electron chi connectivity index (χ0n) is 10.0. The van der Waals surface area contributed by atoms with Crippen LogP contribution in [-0.4, -0.2) is 35.1 Å². The van der Waals surface area contributed by atoms with Gasteiger partial charge in [-0.05, 0) is 13.3 Å². The molecule has 0 fully saturated rings. The third kappa shape index (κ3) is 7.15. The van der Waals surface area contributed by atoms with Gasteiger partial charge in [-0.15, -0.1) is 0 Å². The minimum atomic E-state index is -1.29. The van der Waals surface area contributed by atoms with Gasteiger partial charge in [0.05, 0.1) is 6.42 Å². The second-order valence-corrected chi connectivity index (χ2v) is 3.87. The molecule has 17 heavy (non-hydrogen) atoms. The Morgan fingerprint density at radius 1 is 1.29 bits per heavy atom. The first-order chi connectivity index (χ1) is 7.86. The largest absolute Gasteiger partial charge is 0.480 e. The van der Waals surface area contributed by atoms with Crippen molar-refractivity contribution < 1.29 is 19.5 Å². The number of carbonyl (C=O) groups is 3. The maximum absolute atomic E-state index is 11.4. The molecule has 0 aromatic heterocycles. The second kappa shape index (κ2) is 7.48. The fourth-order valence-corrected chi connectivity index (χ4v) is 1.33. The second-order valence-electron chi connectivity index (χ2n) is 3.87. The third-order valence-corrected chi connectivity index (χ3v) is 2.11. The summed E-state index contributed by atoms with van der Waals surface area (Å²) in [6.07, 6.45) is 1.27. The van der Waals surface area contributed by atoms with Crippen molar-refractivity contribution in [3.63, 3.8) is 0 Å². The average Bonchev–Trinajstić information content (AvgIpc) is 2.15. The van der Waals surface area contributed by atoms with Gasteiger partial charge in [-0.3, -0.25) is 4.79 Å². The van der Waals surface area contributed by atoms with Crippen LogP contribution in [0.3, 0.4) is 0 Å². The number of primary amides is 1. The van der Waals surface area contributed by atoms with Crippen LogP contribution >= 0.6 is 0 Å². The highest BCUT2D eigenvalue weighted by atomic mass is 16.4. The van der Waals surface area contributed by atoms with E-state index in [1.54, 1.807) is 0 Å². The lowest BCUT2D eigenvalue weighted by Gasteiger charge is -2.17. The Bertz CT molecular complexity index is 293. The van der Waals surface area contributed by atoms with Gasteiger partial charge in [0.2, 0.25) is 5.91 Å². The molecule has 0 saturated carbocycles. The fraction of sp³-hybridized carbons (Fsp3) is 0.700. The van der Waals surface area contributed by atoms with E-state index >= 15 is 0 Å². The summed E-state index contributed by atoms with van der Waals surface area (Å²) in [4.78, 5) is 32.7. The molecule has 0 bridgehead atoms. The molecule has 0 rings (SSSR count). The van der Waals surface area contributed by atoms with Gasteiger partial charge in [0.15, 0.2) is 0 Å². The molecule has 0 saturated heterocycles. The Labute approximate surface area is 99.7 Å². The first-order valence-corrected chi connectivity index (χ1v) is 5.45. The number of amides is 3. The van der Waals surface area contributed by atoms with E-state index in [0.29, 0.717) is 0 Å². The van der Waals surface area contributed by atoms with E-state index in [9.17, 15) is 14.4 Å². The summed E-state index contributed by atoms with van der Waals surface area (Å²) in [5.41, 5.74) is 4.88. The summed E-state index contributed by atoms with van der Waals surface area (Å²) in [7, 11) is 0. The summed E-state index contributed by atoms with van der Waals surface area (Å²) in [6.45, 7) is 3.79. The molecule has 98 valence electrons. The summed E-state index contributed by atoms with van der Waals surface area (Å²) in [6, 6.07) is -1.95. The van der Waals surface area contributed by atoms with Crippen molar-refractivity contribution >= 4 is 17.9 Å². The average molecular weight is 245 g/mol. The van der Waals surface area contributed by atoms with Crippen LogP contribution in [0.4, 0.5) is 4.79 Å². The van der Waals surface area contributed by atoms with Gasteiger partial charge in [-0.25, -0.2) is 9.59 Å². The highest BCUT2D eigenvalue weighted by Gasteiger charge is 2.22. The fourth-order valence-electron chi connectivity index (χ4n) is 1.33. The summed E-state index contributed by atoms with van der Waals surface area (Å²) in [5.74, 6) is -2.07. The summed E-state index contributed by atoms with van der Waals surface area (Å²) >= 11 is 0. The molecule has 5 N–H and O–H groups in total. The van der Waals surface area contributed by atoms with Crippen molar-refractivity contribution in [1.82, 2.24) is 10.6 Å². The Morgan fingerprint density at radius 3 is 2.29 bits per heavy atom. The molecule has 0 aromatic carbocycles. The van der Waals surface area contributed by atoms with Crippen LogP contribution in [0.25, 0.3) is 0 Å². The molecule has 3 amide bonds. The molecule has 0 aliphatic rings. The zero-order chi connectivity index (χ0) is 13.4. The maximum atomic E-state index is 11.4. The van der Waals surface area contributed by atoms with E-state index in [-0.39, 0.29) is 6.04 Å². The number of hydrogen-bond donors (Lipinski definition) is 4. The number of rotatable bonds is 7. The van der Waals surface area contributed by atoms with E-state index in [1.807, 2.05) is 13.8 Å². The lowest BCUT2D eigenvalue weighted by molar-refractivity contribution is -0.140. The predicted octanol–water partition coefficient (Wildman–Crippen LogP) is -0.197. The smallest absolute Gasteiger partial charge is 0.326 e. The van der Waals surface area contributed by atoms with Gasteiger partial charge in [0, 0.05) is 6.04 Å². The standard InChI is InChI=1S/C10H19N3O4/c1-3-4-6(2)12-10(17)13-7(9(15)16)5-8(11)14/h6-7H,3-5H2,1-2H3,(H2,11,14)(H,15,16)(H2,12,13,17)/t6?,7-/m0/s1. The molecule has 0 aliphatic heterocycles. The number of carboxylic acid groups (broad SMARTS) is 1. The van der Waals surface area contributed by atoms with E-state index in [2.05, 4.69) is 10.6 Å². The van der Waals surface area contributed by atoms with Crippen LogP contribution in [-0.2, 0) is 9.59 Å². The molecule has 1 unspecified atom stereocenters. The highest BCUT2D eigenvalue weighted by molar-refractivity contribution is 5.87. The first-order valence-electron chi connectivity index (χ1n) is 5.45. The molecule has 0 heterocycles. The van der Waals surface area contributed by atoms with E-state index < -0.39 is 30.4 Å². The van der Waals surface area contributed by atoms with Crippen molar-refractivity contribution in [2.45, 2.75) is 45.2 Å². The molecule has 0 radical (unpaired) electrons. The van der Waals surface area contributed by atoms with Crippen LogP contribution in [0, 0.1) is 0 Å².